The minimum atomic E-state index is 0.704. The molecular weight excluding hydrogens is 174 g/mol. The average molecular weight is 191 g/mol. The van der Waals surface area contributed by atoms with E-state index in [0.717, 1.165) is 24.3 Å². The van der Waals surface area contributed by atoms with Crippen molar-refractivity contribution in [2.45, 2.75) is 20.3 Å². The van der Waals surface area contributed by atoms with Crippen LogP contribution < -0.4 is 11.1 Å². The van der Waals surface area contributed by atoms with Crippen molar-refractivity contribution in [3.63, 3.8) is 0 Å². The lowest BCUT2D eigenvalue weighted by Gasteiger charge is -2.06. The SMILES string of the molecule is CC/C=C/CNc1ncc(C)cc1N. The molecule has 0 bridgehead atoms. The standard InChI is InChI=1S/C11H17N3/c1-3-4-5-6-13-11-10(12)7-9(2)8-14-11/h4-5,7-8H,3,6,12H2,1-2H3,(H,13,14)/b5-4+. The highest BCUT2D eigenvalue weighted by Crippen LogP contribution is 2.15. The smallest absolute Gasteiger partial charge is 0.149 e. The van der Waals surface area contributed by atoms with E-state index in [2.05, 4.69) is 29.4 Å². The van der Waals surface area contributed by atoms with Gasteiger partial charge in [0.25, 0.3) is 0 Å². The van der Waals surface area contributed by atoms with Crippen LogP contribution in [0.25, 0.3) is 0 Å². The van der Waals surface area contributed by atoms with Gasteiger partial charge in [-0.05, 0) is 25.0 Å². The van der Waals surface area contributed by atoms with Crippen molar-refractivity contribution >= 4 is 11.5 Å². The van der Waals surface area contributed by atoms with Crippen LogP contribution in [0.2, 0.25) is 0 Å². The summed E-state index contributed by atoms with van der Waals surface area (Å²) in [5, 5.41) is 3.15. The van der Waals surface area contributed by atoms with Crippen molar-refractivity contribution in [3.05, 3.63) is 30.0 Å². The fraction of sp³-hybridized carbons (Fsp3) is 0.364. The molecule has 0 aromatic carbocycles. The first-order chi connectivity index (χ1) is 6.74. The van der Waals surface area contributed by atoms with Crippen LogP contribution in [0, 0.1) is 6.92 Å². The number of hydrogen-bond donors (Lipinski definition) is 2. The Kier molecular flexibility index (Phi) is 3.98. The van der Waals surface area contributed by atoms with Crippen LogP contribution in [0.5, 0.6) is 0 Å². The quantitative estimate of drug-likeness (QED) is 0.718. The molecule has 0 saturated carbocycles. The number of hydrogen-bond acceptors (Lipinski definition) is 3. The predicted octanol–water partition coefficient (Wildman–Crippen LogP) is 2.35. The summed E-state index contributed by atoms with van der Waals surface area (Å²) in [5.74, 6) is 0.761. The molecule has 1 rings (SSSR count). The van der Waals surface area contributed by atoms with E-state index < -0.39 is 0 Å². The minimum Gasteiger partial charge on any atom is -0.396 e. The van der Waals surface area contributed by atoms with Crippen LogP contribution in [-0.4, -0.2) is 11.5 Å². The number of allylic oxidation sites excluding steroid dienone is 1. The van der Waals surface area contributed by atoms with Crippen LogP contribution in [0.1, 0.15) is 18.9 Å². The lowest BCUT2D eigenvalue weighted by atomic mass is 10.3. The summed E-state index contributed by atoms with van der Waals surface area (Å²) in [4.78, 5) is 4.21. The Balaban J connectivity index is 2.55. The molecule has 1 heterocycles. The number of anilines is 2. The number of nitrogens with two attached hydrogens (primary N) is 1. The van der Waals surface area contributed by atoms with Gasteiger partial charge in [0.1, 0.15) is 5.82 Å². The normalized spacial score (nSPS) is 10.7. The number of aromatic nitrogens is 1. The molecule has 0 unspecified atom stereocenters. The third-order valence-electron chi connectivity index (χ3n) is 1.84. The molecule has 1 aromatic rings. The van der Waals surface area contributed by atoms with Crippen molar-refractivity contribution in [1.82, 2.24) is 4.98 Å². The van der Waals surface area contributed by atoms with E-state index >= 15 is 0 Å². The predicted molar refractivity (Wildman–Crippen MR) is 61.3 cm³/mol. The van der Waals surface area contributed by atoms with E-state index in [-0.39, 0.29) is 0 Å². The molecule has 3 heteroatoms. The molecule has 0 spiro atoms. The molecule has 0 aliphatic rings. The molecule has 0 aliphatic carbocycles. The minimum absolute atomic E-state index is 0.704. The summed E-state index contributed by atoms with van der Waals surface area (Å²) in [6.07, 6.45) is 7.04. The van der Waals surface area contributed by atoms with Gasteiger partial charge in [0.05, 0.1) is 5.69 Å². The summed E-state index contributed by atoms with van der Waals surface area (Å²) < 4.78 is 0. The van der Waals surface area contributed by atoms with Crippen molar-refractivity contribution in [1.29, 1.82) is 0 Å². The third-order valence-corrected chi connectivity index (χ3v) is 1.84. The average Bonchev–Trinajstić information content (AvgIpc) is 2.15. The Morgan fingerprint density at radius 1 is 1.50 bits per heavy atom. The first-order valence-electron chi connectivity index (χ1n) is 4.85. The second-order valence-corrected chi connectivity index (χ2v) is 3.21. The van der Waals surface area contributed by atoms with Gasteiger partial charge < -0.3 is 11.1 Å². The Labute approximate surface area is 85.0 Å². The van der Waals surface area contributed by atoms with E-state index in [1.54, 1.807) is 0 Å². The van der Waals surface area contributed by atoms with E-state index in [0.29, 0.717) is 5.69 Å². The summed E-state index contributed by atoms with van der Waals surface area (Å²) in [5.41, 5.74) is 7.57. The Bertz CT molecular complexity index is 318. The topological polar surface area (TPSA) is 50.9 Å². The molecule has 0 saturated heterocycles. The van der Waals surface area contributed by atoms with Gasteiger partial charge in [-0.1, -0.05) is 19.1 Å². The van der Waals surface area contributed by atoms with Gasteiger partial charge in [-0.2, -0.15) is 0 Å². The Morgan fingerprint density at radius 3 is 2.93 bits per heavy atom. The maximum absolute atomic E-state index is 5.79. The fourth-order valence-corrected chi connectivity index (χ4v) is 1.15. The highest BCUT2D eigenvalue weighted by molar-refractivity contribution is 5.61. The highest BCUT2D eigenvalue weighted by atomic mass is 15.0. The monoisotopic (exact) mass is 191 g/mol. The molecule has 0 radical (unpaired) electrons. The van der Waals surface area contributed by atoms with Crippen LogP contribution in [0.15, 0.2) is 24.4 Å². The lowest BCUT2D eigenvalue weighted by Crippen LogP contribution is -2.04. The molecule has 76 valence electrons. The summed E-state index contributed by atoms with van der Waals surface area (Å²) in [7, 11) is 0. The number of nitrogen functional groups attached to an aromatic ring is 1. The molecular formula is C11H17N3. The first-order valence-corrected chi connectivity index (χ1v) is 4.85. The Hall–Kier alpha value is -1.51. The first kappa shape index (κ1) is 10.6. The summed E-state index contributed by atoms with van der Waals surface area (Å²) in [6, 6.07) is 1.92. The molecule has 3 nitrogen and oxygen atoms in total. The van der Waals surface area contributed by atoms with Crippen molar-refractivity contribution in [3.8, 4) is 0 Å². The maximum atomic E-state index is 5.79. The zero-order valence-corrected chi connectivity index (χ0v) is 8.75. The van der Waals surface area contributed by atoms with Crippen LogP contribution in [0.4, 0.5) is 11.5 Å². The number of aryl methyl sites for hydroxylation is 1. The van der Waals surface area contributed by atoms with E-state index in [9.17, 15) is 0 Å². The molecule has 0 atom stereocenters. The molecule has 0 fully saturated rings. The molecule has 3 N–H and O–H groups in total. The largest absolute Gasteiger partial charge is 0.396 e. The van der Waals surface area contributed by atoms with E-state index in [4.69, 9.17) is 5.73 Å². The van der Waals surface area contributed by atoms with Crippen LogP contribution in [0.3, 0.4) is 0 Å². The van der Waals surface area contributed by atoms with Gasteiger partial charge >= 0.3 is 0 Å². The second-order valence-electron chi connectivity index (χ2n) is 3.21. The number of rotatable bonds is 4. The number of nitrogens with one attached hydrogen (secondary N) is 1. The van der Waals surface area contributed by atoms with Crippen molar-refractivity contribution in [2.24, 2.45) is 0 Å². The summed E-state index contributed by atoms with van der Waals surface area (Å²) in [6.45, 7) is 4.85. The molecule has 0 amide bonds. The van der Waals surface area contributed by atoms with Gasteiger partial charge in [-0.3, -0.25) is 0 Å². The van der Waals surface area contributed by atoms with Gasteiger partial charge in [0.2, 0.25) is 0 Å². The molecule has 0 aliphatic heterocycles. The molecule has 1 aromatic heterocycles. The number of nitrogens with zero attached hydrogens (tertiary/aromatic N) is 1. The highest BCUT2D eigenvalue weighted by Gasteiger charge is 1.97. The maximum Gasteiger partial charge on any atom is 0.149 e. The van der Waals surface area contributed by atoms with Crippen LogP contribution >= 0.6 is 0 Å². The number of pyridine rings is 1. The zero-order valence-electron chi connectivity index (χ0n) is 8.75. The van der Waals surface area contributed by atoms with E-state index in [1.807, 2.05) is 19.2 Å². The van der Waals surface area contributed by atoms with Gasteiger partial charge in [-0.25, -0.2) is 4.98 Å². The molecule has 14 heavy (non-hydrogen) atoms. The van der Waals surface area contributed by atoms with Crippen LogP contribution in [-0.2, 0) is 0 Å². The zero-order chi connectivity index (χ0) is 10.4. The third kappa shape index (κ3) is 3.09. The second kappa shape index (κ2) is 5.27. The fourth-order valence-electron chi connectivity index (χ4n) is 1.15. The van der Waals surface area contributed by atoms with Gasteiger partial charge in [0, 0.05) is 12.7 Å². The van der Waals surface area contributed by atoms with Crippen molar-refractivity contribution in [2.75, 3.05) is 17.6 Å². The lowest BCUT2D eigenvalue weighted by molar-refractivity contribution is 1.17. The Morgan fingerprint density at radius 2 is 2.29 bits per heavy atom. The van der Waals surface area contributed by atoms with Crippen molar-refractivity contribution < 1.29 is 0 Å². The van der Waals surface area contributed by atoms with Gasteiger partial charge in [-0.15, -0.1) is 0 Å². The van der Waals surface area contributed by atoms with E-state index in [1.165, 1.54) is 0 Å². The summed E-state index contributed by atoms with van der Waals surface area (Å²) >= 11 is 0. The van der Waals surface area contributed by atoms with Gasteiger partial charge in [0.15, 0.2) is 0 Å².